The van der Waals surface area contributed by atoms with Gasteiger partial charge in [-0.05, 0) is 42.5 Å². The predicted octanol–water partition coefficient (Wildman–Crippen LogP) is 3.55. The van der Waals surface area contributed by atoms with Gasteiger partial charge in [0.15, 0.2) is 13.2 Å². The second-order valence-corrected chi connectivity index (χ2v) is 6.20. The van der Waals surface area contributed by atoms with Gasteiger partial charge in [0.05, 0.1) is 10.6 Å². The number of anilines is 1. The summed E-state index contributed by atoms with van der Waals surface area (Å²) in [5, 5.41) is 6.03. The monoisotopic (exact) mass is 419 g/mol. The number of amides is 1. The fourth-order valence-corrected chi connectivity index (χ4v) is 2.40. The average Bonchev–Trinajstić information content (AvgIpc) is 3.13. The van der Waals surface area contributed by atoms with Crippen LogP contribution in [0, 0.1) is 12.7 Å². The molecule has 0 unspecified atom stereocenters. The lowest BCUT2D eigenvalue weighted by Gasteiger charge is -2.08. The number of hydrogen-bond donors (Lipinski definition) is 1. The number of carbonyl (C=O) groups is 2. The summed E-state index contributed by atoms with van der Waals surface area (Å²) >= 11 is 5.64. The SMILES string of the molecule is Cc1nc(COc2ccc(C(=O)OCC(=O)Nc3ccc(F)c(Cl)c3)cc2)no1. The molecule has 0 bridgehead atoms. The molecule has 2 aromatic carbocycles. The highest BCUT2D eigenvalue weighted by molar-refractivity contribution is 6.31. The van der Waals surface area contributed by atoms with Gasteiger partial charge in [0, 0.05) is 12.6 Å². The van der Waals surface area contributed by atoms with Crippen LogP contribution in [0.3, 0.4) is 0 Å². The molecular formula is C19H15ClFN3O5. The fraction of sp³-hybridized carbons (Fsp3) is 0.158. The van der Waals surface area contributed by atoms with Crippen molar-refractivity contribution in [3.63, 3.8) is 0 Å². The summed E-state index contributed by atoms with van der Waals surface area (Å²) in [5.41, 5.74) is 0.529. The van der Waals surface area contributed by atoms with Crippen molar-refractivity contribution in [3.8, 4) is 5.75 Å². The van der Waals surface area contributed by atoms with Crippen molar-refractivity contribution < 1.29 is 28.0 Å². The lowest BCUT2D eigenvalue weighted by molar-refractivity contribution is -0.119. The molecule has 1 aromatic heterocycles. The van der Waals surface area contributed by atoms with Crippen molar-refractivity contribution in [2.45, 2.75) is 13.5 Å². The number of esters is 1. The number of benzene rings is 2. The number of ether oxygens (including phenoxy) is 2. The van der Waals surface area contributed by atoms with E-state index in [-0.39, 0.29) is 22.9 Å². The number of nitrogens with zero attached hydrogens (tertiary/aromatic N) is 2. The highest BCUT2D eigenvalue weighted by Gasteiger charge is 2.12. The van der Waals surface area contributed by atoms with Crippen molar-refractivity contribution in [2.75, 3.05) is 11.9 Å². The molecule has 0 aliphatic heterocycles. The molecule has 29 heavy (non-hydrogen) atoms. The Bertz CT molecular complexity index is 1020. The molecule has 0 saturated heterocycles. The molecule has 0 aliphatic carbocycles. The van der Waals surface area contributed by atoms with Gasteiger partial charge < -0.3 is 19.3 Å². The maximum Gasteiger partial charge on any atom is 0.338 e. The Balaban J connectivity index is 1.47. The van der Waals surface area contributed by atoms with Crippen molar-refractivity contribution >= 4 is 29.2 Å². The topological polar surface area (TPSA) is 104 Å². The van der Waals surface area contributed by atoms with Gasteiger partial charge in [0.2, 0.25) is 11.7 Å². The minimum atomic E-state index is -0.683. The van der Waals surface area contributed by atoms with Crippen LogP contribution in [0.4, 0.5) is 10.1 Å². The Kier molecular flexibility index (Phi) is 6.40. The molecule has 8 nitrogen and oxygen atoms in total. The minimum Gasteiger partial charge on any atom is -0.485 e. The number of carbonyl (C=O) groups excluding carboxylic acids is 2. The summed E-state index contributed by atoms with van der Waals surface area (Å²) in [6.07, 6.45) is 0. The molecule has 3 aromatic rings. The number of halogens is 2. The molecule has 0 radical (unpaired) electrons. The molecule has 1 amide bonds. The van der Waals surface area contributed by atoms with E-state index in [1.54, 1.807) is 19.1 Å². The van der Waals surface area contributed by atoms with Crippen LogP contribution < -0.4 is 10.1 Å². The molecule has 0 aliphatic rings. The second kappa shape index (κ2) is 9.16. The normalized spacial score (nSPS) is 10.4. The van der Waals surface area contributed by atoms with E-state index < -0.39 is 24.3 Å². The minimum absolute atomic E-state index is 0.120. The molecule has 3 rings (SSSR count). The van der Waals surface area contributed by atoms with E-state index in [0.717, 1.165) is 6.07 Å². The standard InChI is InChI=1S/C19H15ClFN3O5/c1-11-22-17(24-29-11)9-27-14-5-2-12(3-6-14)19(26)28-10-18(25)23-13-4-7-16(21)15(20)8-13/h2-8H,9-10H2,1H3,(H,23,25). The molecule has 0 spiro atoms. The molecule has 150 valence electrons. The van der Waals surface area contributed by atoms with Gasteiger partial charge >= 0.3 is 5.97 Å². The summed E-state index contributed by atoms with van der Waals surface area (Å²) < 4.78 is 28.4. The van der Waals surface area contributed by atoms with Crippen LogP contribution in [-0.4, -0.2) is 28.6 Å². The van der Waals surface area contributed by atoms with Gasteiger partial charge in [-0.15, -0.1) is 0 Å². The third kappa shape index (κ3) is 5.76. The molecular weight excluding hydrogens is 405 g/mol. The predicted molar refractivity (Wildman–Crippen MR) is 100 cm³/mol. The molecule has 0 fully saturated rings. The first kappa shape index (κ1) is 20.3. The quantitative estimate of drug-likeness (QED) is 0.584. The molecule has 0 atom stereocenters. The van der Waals surface area contributed by atoms with Crippen molar-refractivity contribution in [3.05, 3.63) is 70.6 Å². The van der Waals surface area contributed by atoms with E-state index in [0.29, 0.717) is 17.5 Å². The Labute approximate surface area is 169 Å². The summed E-state index contributed by atoms with van der Waals surface area (Å²) in [7, 11) is 0. The van der Waals surface area contributed by atoms with E-state index in [1.165, 1.54) is 24.3 Å². The van der Waals surface area contributed by atoms with E-state index in [1.807, 2.05) is 0 Å². The van der Waals surface area contributed by atoms with Gasteiger partial charge in [0.1, 0.15) is 11.6 Å². The van der Waals surface area contributed by atoms with Gasteiger partial charge in [0.25, 0.3) is 5.91 Å². The summed E-state index contributed by atoms with van der Waals surface area (Å²) in [6.45, 7) is 1.28. The Morgan fingerprint density at radius 3 is 2.62 bits per heavy atom. The third-order valence-electron chi connectivity index (χ3n) is 3.57. The van der Waals surface area contributed by atoms with Crippen molar-refractivity contribution in [1.29, 1.82) is 0 Å². The maximum atomic E-state index is 13.1. The average molecular weight is 420 g/mol. The van der Waals surface area contributed by atoms with E-state index in [2.05, 4.69) is 15.5 Å². The van der Waals surface area contributed by atoms with E-state index >= 15 is 0 Å². The van der Waals surface area contributed by atoms with Crippen molar-refractivity contribution in [2.24, 2.45) is 0 Å². The highest BCUT2D eigenvalue weighted by atomic mass is 35.5. The van der Waals surface area contributed by atoms with Crippen LogP contribution in [0.5, 0.6) is 5.75 Å². The van der Waals surface area contributed by atoms with Crippen LogP contribution in [0.2, 0.25) is 5.02 Å². The zero-order chi connectivity index (χ0) is 20.8. The first-order valence-electron chi connectivity index (χ1n) is 8.35. The van der Waals surface area contributed by atoms with Crippen molar-refractivity contribution in [1.82, 2.24) is 10.1 Å². The van der Waals surface area contributed by atoms with Crippen LogP contribution in [0.15, 0.2) is 47.0 Å². The van der Waals surface area contributed by atoms with Gasteiger partial charge in [-0.25, -0.2) is 9.18 Å². The van der Waals surface area contributed by atoms with Gasteiger partial charge in [-0.3, -0.25) is 4.79 Å². The van der Waals surface area contributed by atoms with Crippen LogP contribution in [-0.2, 0) is 16.1 Å². The molecule has 0 saturated carbocycles. The summed E-state index contributed by atoms with van der Waals surface area (Å²) in [6, 6.07) is 9.86. The Morgan fingerprint density at radius 1 is 1.21 bits per heavy atom. The largest absolute Gasteiger partial charge is 0.485 e. The van der Waals surface area contributed by atoms with Crippen LogP contribution >= 0.6 is 11.6 Å². The Morgan fingerprint density at radius 2 is 1.97 bits per heavy atom. The number of hydrogen-bond acceptors (Lipinski definition) is 7. The molecule has 10 heteroatoms. The third-order valence-corrected chi connectivity index (χ3v) is 3.85. The first-order valence-corrected chi connectivity index (χ1v) is 8.72. The van der Waals surface area contributed by atoms with Gasteiger partial charge in [-0.2, -0.15) is 4.98 Å². The number of aromatic nitrogens is 2. The Hall–Kier alpha value is -3.46. The van der Waals surface area contributed by atoms with E-state index in [9.17, 15) is 14.0 Å². The van der Waals surface area contributed by atoms with Crippen LogP contribution in [0.25, 0.3) is 0 Å². The number of aryl methyl sites for hydroxylation is 1. The zero-order valence-electron chi connectivity index (χ0n) is 15.1. The second-order valence-electron chi connectivity index (χ2n) is 5.80. The molecule has 1 N–H and O–H groups in total. The van der Waals surface area contributed by atoms with E-state index in [4.69, 9.17) is 25.6 Å². The maximum absolute atomic E-state index is 13.1. The van der Waals surface area contributed by atoms with Crippen LogP contribution in [0.1, 0.15) is 22.1 Å². The fourth-order valence-electron chi connectivity index (χ4n) is 2.22. The molecule has 1 heterocycles. The number of rotatable bonds is 7. The first-order chi connectivity index (χ1) is 13.9. The lowest BCUT2D eigenvalue weighted by atomic mass is 10.2. The summed E-state index contributed by atoms with van der Waals surface area (Å²) in [5.74, 6) is -0.535. The lowest BCUT2D eigenvalue weighted by Crippen LogP contribution is -2.20. The smallest absolute Gasteiger partial charge is 0.338 e. The van der Waals surface area contributed by atoms with Gasteiger partial charge in [-0.1, -0.05) is 16.8 Å². The zero-order valence-corrected chi connectivity index (χ0v) is 15.9. The number of nitrogens with one attached hydrogen (secondary N) is 1. The summed E-state index contributed by atoms with van der Waals surface area (Å²) in [4.78, 5) is 27.9. The highest BCUT2D eigenvalue weighted by Crippen LogP contribution is 2.19.